The van der Waals surface area contributed by atoms with E-state index < -0.39 is 6.98 Å². The molecule has 0 unspecified atom stereocenters. The Labute approximate surface area is 52.1 Å². The topological polar surface area (TPSA) is 0 Å². The van der Waals surface area contributed by atoms with E-state index in [1.54, 1.807) is 0 Å². The zero-order valence-electron chi connectivity index (χ0n) is 5.07. The van der Waals surface area contributed by atoms with Gasteiger partial charge in [-0.25, -0.2) is 0 Å². The van der Waals surface area contributed by atoms with Crippen molar-refractivity contribution in [2.24, 2.45) is 0 Å². The van der Waals surface area contributed by atoms with Crippen molar-refractivity contribution in [2.75, 3.05) is 0 Å². The summed E-state index contributed by atoms with van der Waals surface area (Å²) in [6.45, 7) is 0.0208. The lowest BCUT2D eigenvalue weighted by atomic mass is 9.91. The number of hydrogen-bond acceptors (Lipinski definition) is 0. The first-order valence-corrected chi connectivity index (χ1v) is 2.46. The fraction of sp³-hybridized carbons (Fsp3) is 0.200. The van der Waals surface area contributed by atoms with Crippen molar-refractivity contribution in [3.63, 3.8) is 0 Å². The van der Waals surface area contributed by atoms with Gasteiger partial charge in [0.15, 0.2) is 0 Å². The molecule has 0 amide bonds. The summed E-state index contributed by atoms with van der Waals surface area (Å²) in [4.78, 5) is 0. The van der Waals surface area contributed by atoms with Crippen LogP contribution in [0.15, 0.2) is 24.2 Å². The Morgan fingerprint density at radius 1 is 1.44 bits per heavy atom. The van der Waals surface area contributed by atoms with Crippen LogP contribution >= 0.6 is 0 Å². The molecule has 0 nitrogen and oxygen atoms in total. The first kappa shape index (κ1) is 8.33. The van der Waals surface area contributed by atoms with E-state index in [9.17, 15) is 12.9 Å². The Morgan fingerprint density at radius 2 is 1.89 bits per heavy atom. The highest BCUT2D eigenvalue weighted by molar-refractivity contribution is 6.64. The summed E-state index contributed by atoms with van der Waals surface area (Å²) in [5.74, 6) is 0.225. The number of rotatable bonds is 2. The molecule has 0 aliphatic rings. The Kier molecular flexibility index (Phi) is 2.55. The highest BCUT2D eigenvalue weighted by Gasteiger charge is 2.16. The zero-order chi connectivity index (χ0) is 7.49. The van der Waals surface area contributed by atoms with Crippen molar-refractivity contribution in [2.45, 2.75) is 6.92 Å². The van der Waals surface area contributed by atoms with E-state index in [1.165, 1.54) is 6.92 Å². The summed E-state index contributed by atoms with van der Waals surface area (Å²) in [6, 6.07) is 0. The van der Waals surface area contributed by atoms with Crippen molar-refractivity contribution in [1.82, 2.24) is 0 Å². The number of halogens is 3. The molecule has 0 fully saturated rings. The summed E-state index contributed by atoms with van der Waals surface area (Å²) in [5.41, 5.74) is 0.411. The van der Waals surface area contributed by atoms with Crippen LogP contribution in [0.5, 0.6) is 0 Å². The Morgan fingerprint density at radius 3 is 2.00 bits per heavy atom. The summed E-state index contributed by atoms with van der Waals surface area (Å²) in [7, 11) is 0. The van der Waals surface area contributed by atoms with E-state index in [-0.39, 0.29) is 5.98 Å². The minimum Gasteiger partial charge on any atom is -0.445 e. The molecule has 0 spiro atoms. The zero-order valence-corrected chi connectivity index (χ0v) is 5.07. The molecule has 4 heteroatoms. The Bertz CT molecular complexity index is 134. The van der Waals surface area contributed by atoms with Gasteiger partial charge in [-0.05, 0) is 6.92 Å². The van der Waals surface area contributed by atoms with Gasteiger partial charge in [0, 0.05) is 0 Å². The maximum Gasteiger partial charge on any atom is 0.502 e. The summed E-state index contributed by atoms with van der Waals surface area (Å²) >= 11 is 0. The lowest BCUT2D eigenvalue weighted by molar-refractivity contribution is 0.498. The van der Waals surface area contributed by atoms with Gasteiger partial charge in [0.25, 0.3) is 0 Å². The van der Waals surface area contributed by atoms with Crippen LogP contribution in [0.4, 0.5) is 12.9 Å². The molecule has 0 saturated carbocycles. The maximum atomic E-state index is 11.4. The van der Waals surface area contributed by atoms with E-state index in [2.05, 4.69) is 6.58 Å². The molecular weight excluding hydrogens is 128 g/mol. The van der Waals surface area contributed by atoms with Gasteiger partial charge in [-0.3, -0.25) is 0 Å². The minimum absolute atomic E-state index is 0.225. The SMILES string of the molecule is C=C(C)C=C[B-](F)(F)F. The molecule has 0 saturated heterocycles. The fourth-order valence-electron chi connectivity index (χ4n) is 0.273. The smallest absolute Gasteiger partial charge is 0.445 e. The predicted molar refractivity (Wildman–Crippen MR) is 33.0 cm³/mol. The second-order valence-corrected chi connectivity index (χ2v) is 1.83. The van der Waals surface area contributed by atoms with E-state index >= 15 is 0 Å². The highest BCUT2D eigenvalue weighted by atomic mass is 19.4. The molecule has 0 aromatic carbocycles. The van der Waals surface area contributed by atoms with Crippen LogP contribution in [0.25, 0.3) is 0 Å². The molecule has 0 heterocycles. The van der Waals surface area contributed by atoms with Crippen molar-refractivity contribution in [1.29, 1.82) is 0 Å². The van der Waals surface area contributed by atoms with Crippen LogP contribution in [0.1, 0.15) is 6.92 Å². The quantitative estimate of drug-likeness (QED) is 0.403. The second kappa shape index (κ2) is 2.76. The van der Waals surface area contributed by atoms with E-state index in [1.807, 2.05) is 0 Å². The summed E-state index contributed by atoms with van der Waals surface area (Å²) in [6.07, 6.45) is 0.958. The van der Waals surface area contributed by atoms with Gasteiger partial charge < -0.3 is 12.9 Å². The second-order valence-electron chi connectivity index (χ2n) is 1.83. The van der Waals surface area contributed by atoms with E-state index in [4.69, 9.17) is 0 Å². The standard InChI is InChI=1S/C5H7BF3/c1-5(2)3-4-6(7,8)9/h3-4H,1H2,2H3/q-1. The number of hydrogen-bond donors (Lipinski definition) is 0. The van der Waals surface area contributed by atoms with Gasteiger partial charge in [-0.1, -0.05) is 18.2 Å². The average Bonchev–Trinajstić information content (AvgIpc) is 1.59. The van der Waals surface area contributed by atoms with E-state index in [0.29, 0.717) is 5.57 Å². The molecule has 0 aromatic rings. The van der Waals surface area contributed by atoms with Gasteiger partial charge in [-0.2, -0.15) is 0 Å². The molecule has 0 bridgehead atoms. The Balaban J connectivity index is 3.86. The van der Waals surface area contributed by atoms with Gasteiger partial charge >= 0.3 is 6.98 Å². The predicted octanol–water partition coefficient (Wildman–Crippen LogP) is 2.51. The van der Waals surface area contributed by atoms with Crippen LogP contribution < -0.4 is 0 Å². The molecule has 0 aliphatic heterocycles. The molecule has 0 aliphatic carbocycles. The van der Waals surface area contributed by atoms with Gasteiger partial charge in [-0.15, -0.1) is 5.98 Å². The molecule has 9 heavy (non-hydrogen) atoms. The van der Waals surface area contributed by atoms with Crippen molar-refractivity contribution in [3.8, 4) is 0 Å². The van der Waals surface area contributed by atoms with Crippen LogP contribution in [0.2, 0.25) is 0 Å². The van der Waals surface area contributed by atoms with Gasteiger partial charge in [0.1, 0.15) is 0 Å². The monoisotopic (exact) mass is 135 g/mol. The first-order chi connectivity index (χ1) is 3.92. The van der Waals surface area contributed by atoms with Crippen LogP contribution in [-0.4, -0.2) is 6.98 Å². The molecular formula is C5H7BF3-. The first-order valence-electron chi connectivity index (χ1n) is 2.46. The van der Waals surface area contributed by atoms with Crippen LogP contribution in [0, 0.1) is 0 Å². The fourth-order valence-corrected chi connectivity index (χ4v) is 0.273. The molecule has 0 atom stereocenters. The van der Waals surface area contributed by atoms with Gasteiger partial charge in [0.05, 0.1) is 0 Å². The van der Waals surface area contributed by atoms with Crippen molar-refractivity contribution < 1.29 is 12.9 Å². The molecule has 0 rings (SSSR count). The highest BCUT2D eigenvalue weighted by Crippen LogP contribution is 2.10. The normalized spacial score (nSPS) is 12.4. The van der Waals surface area contributed by atoms with Gasteiger partial charge in [0.2, 0.25) is 0 Å². The lowest BCUT2D eigenvalue weighted by Gasteiger charge is -2.05. The molecule has 52 valence electrons. The summed E-state index contributed by atoms with van der Waals surface area (Å²) in [5, 5.41) is 0. The molecule has 0 aromatic heterocycles. The number of allylic oxidation sites excluding steroid dienone is 2. The minimum atomic E-state index is -4.77. The molecule has 0 radical (unpaired) electrons. The lowest BCUT2D eigenvalue weighted by Crippen LogP contribution is -2.09. The summed E-state index contributed by atoms with van der Waals surface area (Å²) < 4.78 is 34.1. The van der Waals surface area contributed by atoms with E-state index in [0.717, 1.165) is 6.08 Å². The van der Waals surface area contributed by atoms with Crippen LogP contribution in [0.3, 0.4) is 0 Å². The van der Waals surface area contributed by atoms with Crippen molar-refractivity contribution in [3.05, 3.63) is 24.2 Å². The Hall–Kier alpha value is -0.665. The third-order valence-corrected chi connectivity index (χ3v) is 0.599. The molecule has 0 N–H and O–H groups in total. The largest absolute Gasteiger partial charge is 0.502 e. The maximum absolute atomic E-state index is 11.4. The van der Waals surface area contributed by atoms with Crippen molar-refractivity contribution >= 4 is 6.98 Å². The third kappa shape index (κ3) is 7.33. The third-order valence-electron chi connectivity index (χ3n) is 0.599. The average molecular weight is 135 g/mol. The van der Waals surface area contributed by atoms with Crippen LogP contribution in [-0.2, 0) is 0 Å².